The maximum atomic E-state index is 4.72. The minimum absolute atomic E-state index is 0.172. The second-order valence-electron chi connectivity index (χ2n) is 6.99. The molecular weight excluding hydrogens is 266 g/mol. The van der Waals surface area contributed by atoms with Crippen LogP contribution >= 0.6 is 11.3 Å². The minimum atomic E-state index is 0.172. The molecule has 0 atom stereocenters. The molecule has 1 aliphatic carbocycles. The third-order valence-electron chi connectivity index (χ3n) is 4.09. The van der Waals surface area contributed by atoms with Crippen molar-refractivity contribution in [3.8, 4) is 0 Å². The van der Waals surface area contributed by atoms with Gasteiger partial charge in [0.2, 0.25) is 0 Å². The zero-order chi connectivity index (χ0) is 14.6. The molecule has 20 heavy (non-hydrogen) atoms. The number of likely N-dealkylation sites (N-methyl/N-ethyl adjacent to an activating group) is 1. The highest BCUT2D eigenvalue weighted by atomic mass is 32.1. The zero-order valence-corrected chi connectivity index (χ0v) is 14.2. The van der Waals surface area contributed by atoms with Crippen LogP contribution in [0.4, 0.5) is 0 Å². The standard InChI is InChI=1S/C16H29N3S/c1-16(2,3)15-18-13(12-20-15)11-17-9-10-19(4)14-7-5-6-8-14/h12,14,17H,5-11H2,1-4H3. The number of rotatable bonds is 6. The Morgan fingerprint density at radius 2 is 2.05 bits per heavy atom. The van der Waals surface area contributed by atoms with Gasteiger partial charge in [-0.05, 0) is 19.9 Å². The van der Waals surface area contributed by atoms with Crippen LogP contribution in [0.1, 0.15) is 57.2 Å². The van der Waals surface area contributed by atoms with Crippen molar-refractivity contribution in [3.05, 3.63) is 16.1 Å². The molecule has 0 spiro atoms. The first-order valence-electron chi connectivity index (χ1n) is 7.82. The lowest BCUT2D eigenvalue weighted by Gasteiger charge is -2.23. The van der Waals surface area contributed by atoms with Crippen LogP contribution in [0, 0.1) is 0 Å². The Labute approximate surface area is 127 Å². The lowest BCUT2D eigenvalue weighted by Crippen LogP contribution is -2.35. The quantitative estimate of drug-likeness (QED) is 0.815. The van der Waals surface area contributed by atoms with Gasteiger partial charge in [0.05, 0.1) is 10.7 Å². The van der Waals surface area contributed by atoms with Gasteiger partial charge in [0.1, 0.15) is 0 Å². The van der Waals surface area contributed by atoms with E-state index in [4.69, 9.17) is 4.98 Å². The fourth-order valence-corrected chi connectivity index (χ4v) is 3.64. The lowest BCUT2D eigenvalue weighted by atomic mass is 9.98. The number of nitrogens with one attached hydrogen (secondary N) is 1. The van der Waals surface area contributed by atoms with E-state index in [2.05, 4.69) is 43.4 Å². The van der Waals surface area contributed by atoms with Crippen molar-refractivity contribution in [1.82, 2.24) is 15.2 Å². The van der Waals surface area contributed by atoms with Crippen molar-refractivity contribution in [1.29, 1.82) is 0 Å². The van der Waals surface area contributed by atoms with Crippen molar-refractivity contribution >= 4 is 11.3 Å². The van der Waals surface area contributed by atoms with Crippen LogP contribution < -0.4 is 5.32 Å². The molecule has 3 nitrogen and oxygen atoms in total. The monoisotopic (exact) mass is 295 g/mol. The summed E-state index contributed by atoms with van der Waals surface area (Å²) in [6.07, 6.45) is 5.60. The maximum absolute atomic E-state index is 4.72. The van der Waals surface area contributed by atoms with E-state index in [9.17, 15) is 0 Å². The first-order chi connectivity index (χ1) is 9.47. The van der Waals surface area contributed by atoms with Crippen LogP contribution in [0.2, 0.25) is 0 Å². The molecule has 1 aromatic rings. The van der Waals surface area contributed by atoms with Gasteiger partial charge in [0.25, 0.3) is 0 Å². The lowest BCUT2D eigenvalue weighted by molar-refractivity contribution is 0.245. The molecule has 1 aliphatic rings. The summed E-state index contributed by atoms with van der Waals surface area (Å²) in [6, 6.07) is 0.823. The second-order valence-corrected chi connectivity index (χ2v) is 7.85. The summed E-state index contributed by atoms with van der Waals surface area (Å²) in [7, 11) is 2.26. The summed E-state index contributed by atoms with van der Waals surface area (Å²) >= 11 is 1.78. The maximum Gasteiger partial charge on any atom is 0.0982 e. The number of hydrogen-bond acceptors (Lipinski definition) is 4. The zero-order valence-electron chi connectivity index (χ0n) is 13.4. The smallest absolute Gasteiger partial charge is 0.0982 e. The summed E-state index contributed by atoms with van der Waals surface area (Å²) in [5.74, 6) is 0. The number of nitrogens with zero attached hydrogens (tertiary/aromatic N) is 2. The molecule has 0 saturated heterocycles. The van der Waals surface area contributed by atoms with Gasteiger partial charge in [0, 0.05) is 36.5 Å². The first kappa shape index (κ1) is 15.9. The largest absolute Gasteiger partial charge is 0.310 e. The Balaban J connectivity index is 1.67. The number of thiazole rings is 1. The van der Waals surface area contributed by atoms with Crippen LogP contribution in [0.5, 0.6) is 0 Å². The van der Waals surface area contributed by atoms with Gasteiger partial charge in [-0.15, -0.1) is 11.3 Å². The second kappa shape index (κ2) is 7.01. The topological polar surface area (TPSA) is 28.2 Å². The summed E-state index contributed by atoms with van der Waals surface area (Å²) in [6.45, 7) is 9.75. The fraction of sp³-hybridized carbons (Fsp3) is 0.812. The van der Waals surface area contributed by atoms with Crippen molar-refractivity contribution in [2.45, 2.75) is 64.5 Å². The van der Waals surface area contributed by atoms with Gasteiger partial charge in [-0.3, -0.25) is 0 Å². The summed E-state index contributed by atoms with van der Waals surface area (Å²) in [5, 5.41) is 6.95. The van der Waals surface area contributed by atoms with Crippen LogP contribution in [0.15, 0.2) is 5.38 Å². The molecule has 0 amide bonds. The predicted molar refractivity (Wildman–Crippen MR) is 87.4 cm³/mol. The van der Waals surface area contributed by atoms with Crippen LogP contribution in [0.25, 0.3) is 0 Å². The molecule has 0 bridgehead atoms. The highest BCUT2D eigenvalue weighted by molar-refractivity contribution is 7.09. The number of aromatic nitrogens is 1. The van der Waals surface area contributed by atoms with Crippen molar-refractivity contribution in [3.63, 3.8) is 0 Å². The molecule has 1 saturated carbocycles. The van der Waals surface area contributed by atoms with E-state index in [1.54, 1.807) is 11.3 Å². The summed E-state index contributed by atoms with van der Waals surface area (Å²) in [4.78, 5) is 7.23. The molecule has 0 aliphatic heterocycles. The van der Waals surface area contributed by atoms with Crippen LogP contribution in [-0.4, -0.2) is 36.1 Å². The normalized spacial score (nSPS) is 17.2. The average Bonchev–Trinajstić information content (AvgIpc) is 3.04. The Bertz CT molecular complexity index is 402. The Morgan fingerprint density at radius 3 is 2.65 bits per heavy atom. The molecular formula is C16H29N3S. The summed E-state index contributed by atoms with van der Waals surface area (Å²) < 4.78 is 0. The molecule has 1 fully saturated rings. The Kier molecular flexibility index (Phi) is 5.58. The van der Waals surface area contributed by atoms with E-state index in [1.165, 1.54) is 36.4 Å². The molecule has 0 aromatic carbocycles. The van der Waals surface area contributed by atoms with Crippen molar-refractivity contribution < 1.29 is 0 Å². The van der Waals surface area contributed by atoms with E-state index in [0.29, 0.717) is 0 Å². The Morgan fingerprint density at radius 1 is 1.35 bits per heavy atom. The highest BCUT2D eigenvalue weighted by Crippen LogP contribution is 2.25. The van der Waals surface area contributed by atoms with E-state index in [1.807, 2.05) is 0 Å². The van der Waals surface area contributed by atoms with Gasteiger partial charge in [-0.1, -0.05) is 33.6 Å². The van der Waals surface area contributed by atoms with E-state index >= 15 is 0 Å². The Hall–Kier alpha value is -0.450. The molecule has 1 aromatic heterocycles. The minimum Gasteiger partial charge on any atom is -0.310 e. The third kappa shape index (κ3) is 4.54. The third-order valence-corrected chi connectivity index (χ3v) is 5.41. The molecule has 1 heterocycles. The fourth-order valence-electron chi connectivity index (χ4n) is 2.73. The van der Waals surface area contributed by atoms with Crippen LogP contribution in [0.3, 0.4) is 0 Å². The van der Waals surface area contributed by atoms with Gasteiger partial charge < -0.3 is 10.2 Å². The molecule has 114 valence electrons. The highest BCUT2D eigenvalue weighted by Gasteiger charge is 2.19. The van der Waals surface area contributed by atoms with Crippen molar-refractivity contribution in [2.75, 3.05) is 20.1 Å². The molecule has 0 radical (unpaired) electrons. The molecule has 2 rings (SSSR count). The van der Waals surface area contributed by atoms with E-state index in [0.717, 1.165) is 25.7 Å². The summed E-state index contributed by atoms with van der Waals surface area (Å²) in [5.41, 5.74) is 1.36. The molecule has 0 unspecified atom stereocenters. The van der Waals surface area contributed by atoms with Gasteiger partial charge >= 0.3 is 0 Å². The SMILES string of the molecule is CN(CCNCc1csc(C(C)(C)C)n1)C1CCCC1. The van der Waals surface area contributed by atoms with E-state index in [-0.39, 0.29) is 5.41 Å². The van der Waals surface area contributed by atoms with E-state index < -0.39 is 0 Å². The van der Waals surface area contributed by atoms with Gasteiger partial charge in [-0.25, -0.2) is 4.98 Å². The predicted octanol–water partition coefficient (Wildman–Crippen LogP) is 3.40. The first-order valence-corrected chi connectivity index (χ1v) is 8.70. The average molecular weight is 295 g/mol. The van der Waals surface area contributed by atoms with Gasteiger partial charge in [0.15, 0.2) is 0 Å². The molecule has 4 heteroatoms. The van der Waals surface area contributed by atoms with Crippen LogP contribution in [-0.2, 0) is 12.0 Å². The molecule has 1 N–H and O–H groups in total. The van der Waals surface area contributed by atoms with Gasteiger partial charge in [-0.2, -0.15) is 0 Å². The van der Waals surface area contributed by atoms with Crippen molar-refractivity contribution in [2.24, 2.45) is 0 Å². The number of hydrogen-bond donors (Lipinski definition) is 1.